The van der Waals surface area contributed by atoms with Crippen LogP contribution in [0.5, 0.6) is 0 Å². The fourth-order valence-corrected chi connectivity index (χ4v) is 10.1. The first kappa shape index (κ1) is 40.3. The van der Waals surface area contributed by atoms with Crippen LogP contribution < -0.4 is 15.1 Å². The first-order valence-corrected chi connectivity index (χ1v) is 21.6. The van der Waals surface area contributed by atoms with E-state index in [1.165, 1.54) is 32.9 Å². The van der Waals surface area contributed by atoms with Crippen LogP contribution in [0.3, 0.4) is 0 Å². The maximum atomic E-state index is 7.02. The normalized spacial score (nSPS) is 13.7. The van der Waals surface area contributed by atoms with Crippen LogP contribution in [-0.2, 0) is 26.4 Å². The molecule has 4 aromatic carbocycles. The Hall–Kier alpha value is -2.87. The molecule has 6 heteroatoms. The van der Waals surface area contributed by atoms with Crippen molar-refractivity contribution in [1.29, 1.82) is 0 Å². The number of fused-ring (bicyclic) bond motifs is 3. The fourth-order valence-electron chi connectivity index (χ4n) is 6.55. The maximum Gasteiger partial charge on any atom is 0.387 e. The van der Waals surface area contributed by atoms with Crippen molar-refractivity contribution in [2.45, 2.75) is 124 Å². The minimum Gasteiger partial charge on any atom is -0.399 e. The van der Waals surface area contributed by atoms with Gasteiger partial charge in [0, 0.05) is 28.5 Å². The number of rotatable bonds is 10. The third kappa shape index (κ3) is 9.62. The molecule has 1 aromatic heterocycles. The molecule has 0 aliphatic carbocycles. The molecule has 280 valence electrons. The minimum atomic E-state index is -1.81. The summed E-state index contributed by atoms with van der Waals surface area (Å²) in [6.45, 7) is 30.4. The van der Waals surface area contributed by atoms with Crippen LogP contribution in [0.4, 0.5) is 0 Å². The zero-order chi connectivity index (χ0) is 38.1. The lowest BCUT2D eigenvalue weighted by atomic mass is 9.77. The first-order valence-electron chi connectivity index (χ1n) is 18.9. The van der Waals surface area contributed by atoms with E-state index in [4.69, 9.17) is 17.7 Å². The third-order valence-electron chi connectivity index (χ3n) is 9.73. The predicted octanol–water partition coefficient (Wildman–Crippen LogP) is 12.8. The standard InChI is InChI=1S/C46H62O4P2/c1-14-47-34(25-26-51(35-21-17-15-18-22-35)36-23-19-16-20-24-36)31-48-52-49-41-37(27-32(43(2,3)4)29-39(41)45(8,9)10)38-28-33(44(5,6)7)30-40(42(38)50-52)46(11,12)13/h15-24,27-30,34H,14,25-26,31H2,1-13H3. The van der Waals surface area contributed by atoms with Gasteiger partial charge in [-0.25, -0.2) is 0 Å². The van der Waals surface area contributed by atoms with Gasteiger partial charge in [-0.3, -0.25) is 4.52 Å². The summed E-state index contributed by atoms with van der Waals surface area (Å²) < 4.78 is 27.2. The van der Waals surface area contributed by atoms with Gasteiger partial charge in [0.2, 0.25) is 0 Å². The number of benzene rings is 4. The molecule has 0 fully saturated rings. The summed E-state index contributed by atoms with van der Waals surface area (Å²) in [7, 11) is -2.35. The smallest absolute Gasteiger partial charge is 0.387 e. The highest BCUT2D eigenvalue weighted by atomic mass is 31.1. The Morgan fingerprint density at radius 1 is 0.596 bits per heavy atom. The van der Waals surface area contributed by atoms with Crippen molar-refractivity contribution in [2.75, 3.05) is 19.4 Å². The van der Waals surface area contributed by atoms with Gasteiger partial charge >= 0.3 is 8.24 Å². The summed E-state index contributed by atoms with van der Waals surface area (Å²) in [6, 6.07) is 31.1. The van der Waals surface area contributed by atoms with E-state index in [9.17, 15) is 0 Å². The average molecular weight is 741 g/mol. The van der Waals surface area contributed by atoms with E-state index in [0.717, 1.165) is 34.5 Å². The number of ether oxygens (including phenoxy) is 1. The largest absolute Gasteiger partial charge is 0.399 e. The molecule has 1 atom stereocenters. The van der Waals surface area contributed by atoms with E-state index >= 15 is 0 Å². The Bertz CT molecular complexity index is 1850. The van der Waals surface area contributed by atoms with Crippen LogP contribution in [0, 0.1) is 0 Å². The average Bonchev–Trinajstić information content (AvgIpc) is 3.22. The molecule has 1 heterocycles. The highest BCUT2D eigenvalue weighted by Gasteiger charge is 2.29. The van der Waals surface area contributed by atoms with Crippen LogP contribution in [-0.4, -0.2) is 25.5 Å². The van der Waals surface area contributed by atoms with Gasteiger partial charge < -0.3 is 13.1 Å². The summed E-state index contributed by atoms with van der Waals surface area (Å²) >= 11 is 0. The van der Waals surface area contributed by atoms with Crippen LogP contribution in [0.15, 0.2) is 93.3 Å². The zero-order valence-electron chi connectivity index (χ0n) is 34.0. The molecule has 0 saturated carbocycles. The van der Waals surface area contributed by atoms with Crippen molar-refractivity contribution in [2.24, 2.45) is 0 Å². The van der Waals surface area contributed by atoms with Gasteiger partial charge in [0.25, 0.3) is 0 Å². The summed E-state index contributed by atoms with van der Waals surface area (Å²) in [5.41, 5.74) is 6.15. The lowest BCUT2D eigenvalue weighted by Crippen LogP contribution is -2.24. The predicted molar refractivity (Wildman–Crippen MR) is 227 cm³/mol. The molecule has 0 saturated heterocycles. The van der Waals surface area contributed by atoms with Gasteiger partial charge in [-0.1, -0.05) is 156 Å². The number of hydrogen-bond donors (Lipinski definition) is 0. The summed E-state index contributed by atoms with van der Waals surface area (Å²) in [6.07, 6.45) is 1.76. The Kier molecular flexibility index (Phi) is 12.3. The van der Waals surface area contributed by atoms with Crippen LogP contribution in [0.2, 0.25) is 0 Å². The summed E-state index contributed by atoms with van der Waals surface area (Å²) in [4.78, 5) is 0. The monoisotopic (exact) mass is 740 g/mol. The van der Waals surface area contributed by atoms with E-state index in [0.29, 0.717) is 13.2 Å². The molecule has 5 aromatic rings. The van der Waals surface area contributed by atoms with Crippen molar-refractivity contribution in [3.8, 4) is 0 Å². The van der Waals surface area contributed by atoms with Crippen LogP contribution in [0.25, 0.3) is 21.9 Å². The van der Waals surface area contributed by atoms with Gasteiger partial charge in [-0.15, -0.1) is 0 Å². The molecule has 0 spiro atoms. The van der Waals surface area contributed by atoms with Gasteiger partial charge in [0.05, 0.1) is 12.7 Å². The molecule has 0 N–H and O–H groups in total. The van der Waals surface area contributed by atoms with Crippen molar-refractivity contribution in [1.82, 2.24) is 0 Å². The Labute approximate surface area is 316 Å². The van der Waals surface area contributed by atoms with E-state index in [2.05, 4.69) is 175 Å². The Morgan fingerprint density at radius 2 is 1.02 bits per heavy atom. The molecule has 0 bridgehead atoms. The van der Waals surface area contributed by atoms with Gasteiger partial charge in [0.1, 0.15) is 11.2 Å². The highest BCUT2D eigenvalue weighted by molar-refractivity contribution is 7.73. The third-order valence-corrected chi connectivity index (χ3v) is 13.3. The molecule has 4 nitrogen and oxygen atoms in total. The molecular weight excluding hydrogens is 678 g/mol. The summed E-state index contributed by atoms with van der Waals surface area (Å²) in [5.74, 6) is 0. The van der Waals surface area contributed by atoms with Crippen molar-refractivity contribution in [3.63, 3.8) is 0 Å². The molecule has 0 radical (unpaired) electrons. The summed E-state index contributed by atoms with van der Waals surface area (Å²) in [5, 5.41) is 4.91. The minimum absolute atomic E-state index is 0.0539. The van der Waals surface area contributed by atoms with Crippen LogP contribution >= 0.6 is 16.2 Å². The SMILES string of the molecule is CCOC(CCP(c1ccccc1)c1ccccc1)COp1oc2c(C(C)(C)C)cc(C(C)(C)C)cc2c2cc(C(C)(C)C)cc(C(C)(C)C)c2o1. The molecule has 1 unspecified atom stereocenters. The van der Waals surface area contributed by atoms with Gasteiger partial charge in [-0.2, -0.15) is 0 Å². The number of hydrogen-bond acceptors (Lipinski definition) is 4. The fraction of sp³-hybridized carbons (Fsp3) is 0.478. The second kappa shape index (κ2) is 15.8. The molecular formula is C46H62O4P2. The molecule has 5 rings (SSSR count). The quantitative estimate of drug-likeness (QED) is 0.134. The topological polar surface area (TPSA) is 44.7 Å². The second-order valence-corrected chi connectivity index (χ2v) is 21.6. The van der Waals surface area contributed by atoms with E-state index in [-0.39, 0.29) is 27.8 Å². The van der Waals surface area contributed by atoms with Crippen molar-refractivity contribution < 1.29 is 17.7 Å². The van der Waals surface area contributed by atoms with E-state index in [1.54, 1.807) is 0 Å². The van der Waals surface area contributed by atoms with Crippen molar-refractivity contribution >= 4 is 48.7 Å². The van der Waals surface area contributed by atoms with Crippen molar-refractivity contribution in [3.05, 3.63) is 107 Å². The zero-order valence-corrected chi connectivity index (χ0v) is 35.8. The molecule has 0 aliphatic rings. The van der Waals surface area contributed by atoms with Gasteiger partial charge in [-0.05, 0) is 83.0 Å². The highest BCUT2D eigenvalue weighted by Crippen LogP contribution is 2.45. The molecule has 0 aliphatic heterocycles. The lowest BCUT2D eigenvalue weighted by molar-refractivity contribution is 0.0356. The van der Waals surface area contributed by atoms with E-state index < -0.39 is 16.2 Å². The second-order valence-electron chi connectivity index (χ2n) is 18.2. The van der Waals surface area contributed by atoms with E-state index in [1.807, 2.05) is 0 Å². The first-order chi connectivity index (χ1) is 24.3. The molecule has 52 heavy (non-hydrogen) atoms. The molecule has 0 amide bonds. The Morgan fingerprint density at radius 3 is 1.38 bits per heavy atom. The lowest BCUT2D eigenvalue weighted by Gasteiger charge is -2.27. The van der Waals surface area contributed by atoms with Crippen LogP contribution in [0.1, 0.15) is 119 Å². The Balaban J connectivity index is 1.66. The maximum absolute atomic E-state index is 7.02. The van der Waals surface area contributed by atoms with Gasteiger partial charge in [0.15, 0.2) is 0 Å².